The third-order valence-electron chi connectivity index (χ3n) is 4.48. The van der Waals surface area contributed by atoms with E-state index in [0.717, 1.165) is 14.0 Å². The first-order valence-corrected chi connectivity index (χ1v) is 10.1. The van der Waals surface area contributed by atoms with Crippen molar-refractivity contribution in [2.24, 2.45) is 7.05 Å². The maximum absolute atomic E-state index is 13.1. The monoisotopic (exact) mass is 428 g/mol. The van der Waals surface area contributed by atoms with Crippen LogP contribution in [0.3, 0.4) is 0 Å². The average Bonchev–Trinajstić information content (AvgIpc) is 2.74. The summed E-state index contributed by atoms with van der Waals surface area (Å²) in [5, 5.41) is 2.60. The van der Waals surface area contributed by atoms with Gasteiger partial charge in [-0.05, 0) is 37.4 Å². The molecular weight excluding hydrogens is 408 g/mol. The van der Waals surface area contributed by atoms with E-state index in [-0.39, 0.29) is 16.6 Å². The van der Waals surface area contributed by atoms with E-state index in [1.807, 2.05) is 12.3 Å². The van der Waals surface area contributed by atoms with Gasteiger partial charge in [-0.25, -0.2) is 14.6 Å². The van der Waals surface area contributed by atoms with Crippen molar-refractivity contribution in [2.45, 2.75) is 18.4 Å². The third-order valence-corrected chi connectivity index (χ3v) is 5.21. The maximum atomic E-state index is 13.1. The SMILES string of the molecule is COC(=O)c1cc(C)nc2c1c(=O)n(CC(=O)Nc1cccc(SC)c1)c(=O)n2C. The number of hydrogen-bond acceptors (Lipinski definition) is 7. The number of methoxy groups -OCH3 is 1. The zero-order chi connectivity index (χ0) is 22.0. The molecule has 0 aliphatic carbocycles. The molecular formula is C20H20N4O5S. The zero-order valence-electron chi connectivity index (χ0n) is 16.9. The van der Waals surface area contributed by atoms with Gasteiger partial charge >= 0.3 is 11.7 Å². The smallest absolute Gasteiger partial charge is 0.338 e. The van der Waals surface area contributed by atoms with Crippen LogP contribution < -0.4 is 16.6 Å². The number of aryl methyl sites for hydroxylation is 2. The van der Waals surface area contributed by atoms with Gasteiger partial charge in [0.15, 0.2) is 0 Å². The molecule has 0 saturated heterocycles. The molecule has 0 saturated carbocycles. The normalized spacial score (nSPS) is 10.8. The summed E-state index contributed by atoms with van der Waals surface area (Å²) in [4.78, 5) is 55.7. The second kappa shape index (κ2) is 8.54. The molecule has 0 bridgehead atoms. The molecule has 0 atom stereocenters. The van der Waals surface area contributed by atoms with Crippen LogP contribution in [-0.2, 0) is 23.1 Å². The molecule has 0 spiro atoms. The van der Waals surface area contributed by atoms with E-state index in [2.05, 4.69) is 10.3 Å². The standard InChI is InChI=1S/C20H20N4O5S/c1-11-8-14(19(27)29-3)16-17(21-11)23(2)20(28)24(18(16)26)10-15(25)22-12-6-5-7-13(9-12)30-4/h5-9H,10H2,1-4H3,(H,22,25). The van der Waals surface area contributed by atoms with E-state index in [1.54, 1.807) is 25.1 Å². The highest BCUT2D eigenvalue weighted by atomic mass is 32.2. The molecule has 2 aromatic heterocycles. The minimum atomic E-state index is -0.783. The molecule has 0 unspecified atom stereocenters. The Labute approximate surface area is 175 Å². The Morgan fingerprint density at radius 3 is 2.63 bits per heavy atom. The lowest BCUT2D eigenvalue weighted by molar-refractivity contribution is -0.116. The van der Waals surface area contributed by atoms with Crippen LogP contribution >= 0.6 is 11.8 Å². The first kappa shape index (κ1) is 21.3. The van der Waals surface area contributed by atoms with E-state index in [1.165, 1.54) is 32.0 Å². The Balaban J connectivity index is 2.09. The number of carbonyl (C=O) groups excluding carboxylic acids is 2. The van der Waals surface area contributed by atoms with Gasteiger partial charge in [-0.2, -0.15) is 0 Å². The summed E-state index contributed by atoms with van der Waals surface area (Å²) in [5.41, 5.74) is -0.466. The molecule has 9 nitrogen and oxygen atoms in total. The molecule has 1 N–H and O–H groups in total. The van der Waals surface area contributed by atoms with Gasteiger partial charge < -0.3 is 10.1 Å². The van der Waals surface area contributed by atoms with Crippen LogP contribution in [-0.4, -0.2) is 39.4 Å². The first-order chi connectivity index (χ1) is 14.3. The molecule has 0 aliphatic rings. The Morgan fingerprint density at radius 2 is 1.97 bits per heavy atom. The maximum Gasteiger partial charge on any atom is 0.338 e. The summed E-state index contributed by atoms with van der Waals surface area (Å²) in [6.07, 6.45) is 1.91. The minimum Gasteiger partial charge on any atom is -0.465 e. The number of pyridine rings is 1. The van der Waals surface area contributed by atoms with Crippen LogP contribution in [0, 0.1) is 6.92 Å². The minimum absolute atomic E-state index is 0.0116. The molecule has 0 radical (unpaired) electrons. The highest BCUT2D eigenvalue weighted by Gasteiger charge is 2.21. The lowest BCUT2D eigenvalue weighted by atomic mass is 10.1. The summed E-state index contributed by atoms with van der Waals surface area (Å²) in [7, 11) is 2.62. The van der Waals surface area contributed by atoms with Crippen LogP contribution in [0.2, 0.25) is 0 Å². The Hall–Kier alpha value is -3.40. The van der Waals surface area contributed by atoms with Crippen LogP contribution in [0.25, 0.3) is 11.0 Å². The van der Waals surface area contributed by atoms with E-state index < -0.39 is 29.7 Å². The number of carbonyl (C=O) groups is 2. The van der Waals surface area contributed by atoms with Crippen molar-refractivity contribution in [2.75, 3.05) is 18.7 Å². The fraction of sp³-hybridized carbons (Fsp3) is 0.250. The molecule has 3 aromatic rings. The van der Waals surface area contributed by atoms with E-state index >= 15 is 0 Å². The number of fused-ring (bicyclic) bond motifs is 1. The van der Waals surface area contributed by atoms with E-state index in [4.69, 9.17) is 4.74 Å². The van der Waals surface area contributed by atoms with Crippen molar-refractivity contribution < 1.29 is 14.3 Å². The van der Waals surface area contributed by atoms with Crippen LogP contribution in [0.5, 0.6) is 0 Å². The number of nitrogens with zero attached hydrogens (tertiary/aromatic N) is 3. The highest BCUT2D eigenvalue weighted by Crippen LogP contribution is 2.19. The Morgan fingerprint density at radius 1 is 1.23 bits per heavy atom. The number of amides is 1. The molecule has 3 rings (SSSR count). The van der Waals surface area contributed by atoms with Crippen LogP contribution in [0.1, 0.15) is 16.1 Å². The zero-order valence-corrected chi connectivity index (χ0v) is 17.7. The summed E-state index contributed by atoms with van der Waals surface area (Å²) in [6, 6.07) is 8.59. The van der Waals surface area contributed by atoms with Gasteiger partial charge in [0.05, 0.1) is 18.1 Å². The van der Waals surface area contributed by atoms with Crippen molar-refractivity contribution >= 4 is 40.4 Å². The molecule has 2 heterocycles. The van der Waals surface area contributed by atoms with Crippen LogP contribution in [0.4, 0.5) is 5.69 Å². The predicted molar refractivity (Wildman–Crippen MR) is 114 cm³/mol. The first-order valence-electron chi connectivity index (χ1n) is 8.90. The second-order valence-corrected chi connectivity index (χ2v) is 7.39. The molecule has 156 valence electrons. The number of benzene rings is 1. The van der Waals surface area contributed by atoms with Crippen molar-refractivity contribution in [1.29, 1.82) is 0 Å². The van der Waals surface area contributed by atoms with Gasteiger partial charge in [0.25, 0.3) is 5.56 Å². The number of thioether (sulfide) groups is 1. The Kier molecular flexibility index (Phi) is 6.06. The topological polar surface area (TPSA) is 112 Å². The largest absolute Gasteiger partial charge is 0.465 e. The molecule has 0 fully saturated rings. The van der Waals surface area contributed by atoms with E-state index in [9.17, 15) is 19.2 Å². The predicted octanol–water partition coefficient (Wildman–Crippen LogP) is 1.55. The number of anilines is 1. The average molecular weight is 428 g/mol. The van der Waals surface area contributed by atoms with Gasteiger partial charge in [0, 0.05) is 23.3 Å². The summed E-state index contributed by atoms with van der Waals surface area (Å²) < 4.78 is 6.68. The fourth-order valence-corrected chi connectivity index (χ4v) is 3.52. The number of nitrogens with one attached hydrogen (secondary N) is 1. The lowest BCUT2D eigenvalue weighted by Gasteiger charge is -2.13. The lowest BCUT2D eigenvalue weighted by Crippen LogP contribution is -2.42. The van der Waals surface area contributed by atoms with Gasteiger partial charge in [-0.15, -0.1) is 11.8 Å². The molecule has 0 aliphatic heterocycles. The molecule has 10 heteroatoms. The number of ether oxygens (including phenoxy) is 1. The van der Waals surface area contributed by atoms with Gasteiger partial charge in [-0.3, -0.25) is 18.7 Å². The number of hydrogen-bond donors (Lipinski definition) is 1. The number of rotatable bonds is 5. The second-order valence-electron chi connectivity index (χ2n) is 6.51. The summed E-state index contributed by atoms with van der Waals surface area (Å²) >= 11 is 1.52. The molecule has 30 heavy (non-hydrogen) atoms. The van der Waals surface area contributed by atoms with Crippen molar-refractivity contribution in [3.8, 4) is 0 Å². The van der Waals surface area contributed by atoms with Crippen molar-refractivity contribution in [3.05, 3.63) is 62.4 Å². The van der Waals surface area contributed by atoms with Gasteiger partial charge in [-0.1, -0.05) is 6.07 Å². The van der Waals surface area contributed by atoms with Crippen molar-refractivity contribution in [1.82, 2.24) is 14.1 Å². The number of esters is 1. The van der Waals surface area contributed by atoms with Crippen molar-refractivity contribution in [3.63, 3.8) is 0 Å². The van der Waals surface area contributed by atoms with E-state index in [0.29, 0.717) is 11.4 Å². The van der Waals surface area contributed by atoms with Crippen LogP contribution in [0.15, 0.2) is 44.8 Å². The molecule has 1 aromatic carbocycles. The Bertz CT molecular complexity index is 1280. The number of aromatic nitrogens is 3. The summed E-state index contributed by atoms with van der Waals surface area (Å²) in [6.45, 7) is 1.12. The van der Waals surface area contributed by atoms with Gasteiger partial charge in [0.2, 0.25) is 5.91 Å². The third kappa shape index (κ3) is 3.99. The summed E-state index contributed by atoms with van der Waals surface area (Å²) in [5.74, 6) is -1.28. The fourth-order valence-electron chi connectivity index (χ4n) is 3.06. The quantitative estimate of drug-likeness (QED) is 0.485. The van der Waals surface area contributed by atoms with Gasteiger partial charge in [0.1, 0.15) is 12.2 Å². The molecule has 1 amide bonds. The highest BCUT2D eigenvalue weighted by molar-refractivity contribution is 7.98.